The molecule has 3 aromatic carbocycles. The van der Waals surface area contributed by atoms with E-state index in [1.165, 1.54) is 5.56 Å². The fraction of sp³-hybridized carbons (Fsp3) is 0.231. The molecule has 0 fully saturated rings. The molecule has 0 radical (unpaired) electrons. The zero-order chi connectivity index (χ0) is 22.4. The lowest BCUT2D eigenvalue weighted by Gasteiger charge is -2.19. The van der Waals surface area contributed by atoms with Gasteiger partial charge in [-0.2, -0.15) is 0 Å². The van der Waals surface area contributed by atoms with E-state index in [4.69, 9.17) is 4.74 Å². The monoisotopic (exact) mass is 416 g/mol. The Bertz CT molecular complexity index is 1050. The molecule has 160 valence electrons. The summed E-state index contributed by atoms with van der Waals surface area (Å²) in [5, 5.41) is 5.64. The van der Waals surface area contributed by atoms with Crippen molar-refractivity contribution >= 4 is 23.2 Å². The van der Waals surface area contributed by atoms with Crippen LogP contribution in [0.25, 0.3) is 0 Å². The van der Waals surface area contributed by atoms with Crippen molar-refractivity contribution in [1.82, 2.24) is 0 Å². The molecule has 0 bridgehead atoms. The molecule has 0 aliphatic carbocycles. The van der Waals surface area contributed by atoms with Gasteiger partial charge in [0, 0.05) is 16.9 Å². The smallest absolute Gasteiger partial charge is 0.262 e. The zero-order valence-corrected chi connectivity index (χ0v) is 18.4. The number of amides is 2. The molecule has 0 aliphatic rings. The highest BCUT2D eigenvalue weighted by atomic mass is 16.5. The number of benzene rings is 3. The molecule has 0 saturated carbocycles. The van der Waals surface area contributed by atoms with Crippen molar-refractivity contribution in [3.05, 3.63) is 89.5 Å². The first-order chi connectivity index (χ1) is 14.7. The van der Waals surface area contributed by atoms with Crippen molar-refractivity contribution < 1.29 is 14.3 Å². The van der Waals surface area contributed by atoms with E-state index >= 15 is 0 Å². The molecular weight excluding hydrogens is 388 g/mol. The highest BCUT2D eigenvalue weighted by molar-refractivity contribution is 6.04. The summed E-state index contributed by atoms with van der Waals surface area (Å²) in [6.45, 7) is 8.31. The van der Waals surface area contributed by atoms with E-state index in [2.05, 4.69) is 31.4 Å². The van der Waals surface area contributed by atoms with Gasteiger partial charge in [-0.1, -0.05) is 50.6 Å². The van der Waals surface area contributed by atoms with Gasteiger partial charge in [-0.05, 0) is 66.4 Å². The Morgan fingerprint density at radius 1 is 0.839 bits per heavy atom. The number of hydrogen-bond donors (Lipinski definition) is 2. The Balaban J connectivity index is 1.50. The first kappa shape index (κ1) is 22.1. The molecule has 5 nitrogen and oxygen atoms in total. The van der Waals surface area contributed by atoms with Gasteiger partial charge in [0.1, 0.15) is 5.75 Å². The predicted octanol–water partition coefficient (Wildman–Crippen LogP) is 5.56. The molecule has 2 N–H and O–H groups in total. The van der Waals surface area contributed by atoms with Gasteiger partial charge in [-0.25, -0.2) is 0 Å². The first-order valence-electron chi connectivity index (χ1n) is 10.2. The molecular formula is C26H28N2O3. The largest absolute Gasteiger partial charge is 0.484 e. The van der Waals surface area contributed by atoms with E-state index in [-0.39, 0.29) is 23.8 Å². The highest BCUT2D eigenvalue weighted by Gasteiger charge is 2.13. The molecule has 0 heterocycles. The standard InChI is InChI=1S/C26H28N2O3/c1-18-6-5-7-19(16-18)25(30)28-22-12-10-21(11-13-22)27-24(29)17-31-23-14-8-20(9-15-23)26(2,3)4/h5-16H,17H2,1-4H3,(H,27,29)(H,28,30). The Labute approximate surface area is 183 Å². The number of ether oxygens (including phenoxy) is 1. The first-order valence-corrected chi connectivity index (χ1v) is 10.2. The van der Waals surface area contributed by atoms with Gasteiger partial charge in [0.15, 0.2) is 6.61 Å². The van der Waals surface area contributed by atoms with Crippen molar-refractivity contribution in [3.8, 4) is 5.75 Å². The SMILES string of the molecule is Cc1cccc(C(=O)Nc2ccc(NC(=O)COc3ccc(C(C)(C)C)cc3)cc2)c1. The third-order valence-corrected chi connectivity index (χ3v) is 4.80. The van der Waals surface area contributed by atoms with E-state index in [0.717, 1.165) is 5.56 Å². The summed E-state index contributed by atoms with van der Waals surface area (Å²) in [6.07, 6.45) is 0. The van der Waals surface area contributed by atoms with Crippen molar-refractivity contribution in [3.63, 3.8) is 0 Å². The maximum Gasteiger partial charge on any atom is 0.262 e. The molecule has 0 atom stereocenters. The summed E-state index contributed by atoms with van der Waals surface area (Å²) in [6, 6.07) is 22.1. The van der Waals surface area contributed by atoms with E-state index in [1.807, 2.05) is 49.4 Å². The molecule has 5 heteroatoms. The number of anilines is 2. The van der Waals surface area contributed by atoms with E-state index < -0.39 is 0 Å². The summed E-state index contributed by atoms with van der Waals surface area (Å²) < 4.78 is 5.57. The topological polar surface area (TPSA) is 67.4 Å². The quantitative estimate of drug-likeness (QED) is 0.553. The van der Waals surface area contributed by atoms with Crippen LogP contribution in [0, 0.1) is 6.92 Å². The van der Waals surface area contributed by atoms with Crippen LogP contribution in [0.15, 0.2) is 72.8 Å². The van der Waals surface area contributed by atoms with Gasteiger partial charge in [0.05, 0.1) is 0 Å². The third-order valence-electron chi connectivity index (χ3n) is 4.80. The number of hydrogen-bond acceptors (Lipinski definition) is 3. The summed E-state index contributed by atoms with van der Waals surface area (Å²) in [4.78, 5) is 24.5. The molecule has 0 aliphatic heterocycles. The zero-order valence-electron chi connectivity index (χ0n) is 18.4. The number of nitrogens with one attached hydrogen (secondary N) is 2. The third kappa shape index (κ3) is 6.44. The van der Waals surface area contributed by atoms with Crippen LogP contribution < -0.4 is 15.4 Å². The van der Waals surface area contributed by atoms with Crippen molar-refractivity contribution in [2.24, 2.45) is 0 Å². The highest BCUT2D eigenvalue weighted by Crippen LogP contribution is 2.24. The average Bonchev–Trinajstić information content (AvgIpc) is 2.73. The van der Waals surface area contributed by atoms with E-state index in [9.17, 15) is 9.59 Å². The maximum atomic E-state index is 12.3. The Morgan fingerprint density at radius 2 is 1.45 bits per heavy atom. The van der Waals surface area contributed by atoms with Gasteiger partial charge < -0.3 is 15.4 Å². The summed E-state index contributed by atoms with van der Waals surface area (Å²) >= 11 is 0. The van der Waals surface area contributed by atoms with Crippen LogP contribution in [-0.2, 0) is 10.2 Å². The van der Waals surface area contributed by atoms with Gasteiger partial charge in [0.25, 0.3) is 11.8 Å². The molecule has 0 saturated heterocycles. The van der Waals surface area contributed by atoms with Crippen LogP contribution >= 0.6 is 0 Å². The fourth-order valence-electron chi connectivity index (χ4n) is 3.02. The summed E-state index contributed by atoms with van der Waals surface area (Å²) in [5.74, 6) is 0.222. The second kappa shape index (κ2) is 9.47. The predicted molar refractivity (Wildman–Crippen MR) is 125 cm³/mol. The van der Waals surface area contributed by atoms with Crippen molar-refractivity contribution in [2.45, 2.75) is 33.1 Å². The number of carbonyl (C=O) groups excluding carboxylic acids is 2. The lowest BCUT2D eigenvalue weighted by Crippen LogP contribution is -2.20. The van der Waals surface area contributed by atoms with Crippen LogP contribution in [-0.4, -0.2) is 18.4 Å². The molecule has 3 rings (SSSR count). The van der Waals surface area contributed by atoms with Crippen LogP contribution in [0.3, 0.4) is 0 Å². The van der Waals surface area contributed by atoms with Gasteiger partial charge in [-0.3, -0.25) is 9.59 Å². The number of aryl methyl sites for hydroxylation is 1. The molecule has 0 spiro atoms. The second-order valence-electron chi connectivity index (χ2n) is 8.51. The molecule has 0 unspecified atom stereocenters. The maximum absolute atomic E-state index is 12.3. The second-order valence-corrected chi connectivity index (χ2v) is 8.51. The van der Waals surface area contributed by atoms with Crippen LogP contribution in [0.5, 0.6) is 5.75 Å². The Kier molecular flexibility index (Phi) is 6.75. The Morgan fingerprint density at radius 3 is 2.03 bits per heavy atom. The van der Waals surface area contributed by atoms with Crippen LogP contribution in [0.1, 0.15) is 42.3 Å². The number of rotatable bonds is 6. The minimum absolute atomic E-state index is 0.0710. The minimum Gasteiger partial charge on any atom is -0.484 e. The summed E-state index contributed by atoms with van der Waals surface area (Å²) in [7, 11) is 0. The lowest BCUT2D eigenvalue weighted by atomic mass is 9.87. The molecule has 0 aromatic heterocycles. The summed E-state index contributed by atoms with van der Waals surface area (Å²) in [5.41, 5.74) is 4.19. The average molecular weight is 417 g/mol. The van der Waals surface area contributed by atoms with Crippen LogP contribution in [0.2, 0.25) is 0 Å². The van der Waals surface area contributed by atoms with Crippen molar-refractivity contribution in [2.75, 3.05) is 17.2 Å². The van der Waals surface area contributed by atoms with E-state index in [1.54, 1.807) is 30.3 Å². The molecule has 3 aromatic rings. The number of carbonyl (C=O) groups is 2. The van der Waals surface area contributed by atoms with Gasteiger partial charge >= 0.3 is 0 Å². The molecule has 31 heavy (non-hydrogen) atoms. The fourth-order valence-corrected chi connectivity index (χ4v) is 3.02. The van der Waals surface area contributed by atoms with E-state index in [0.29, 0.717) is 22.7 Å². The van der Waals surface area contributed by atoms with Gasteiger partial charge in [-0.15, -0.1) is 0 Å². The van der Waals surface area contributed by atoms with Crippen molar-refractivity contribution in [1.29, 1.82) is 0 Å². The Hall–Kier alpha value is -3.60. The molecule has 2 amide bonds. The lowest BCUT2D eigenvalue weighted by molar-refractivity contribution is -0.118. The van der Waals surface area contributed by atoms with Crippen LogP contribution in [0.4, 0.5) is 11.4 Å². The normalized spacial score (nSPS) is 11.0. The van der Waals surface area contributed by atoms with Gasteiger partial charge in [0.2, 0.25) is 0 Å². The minimum atomic E-state index is -0.253.